The molecule has 0 radical (unpaired) electrons. The molecule has 5 nitrogen and oxygen atoms in total. The number of amides is 1. The minimum Gasteiger partial charge on any atom is -0.457 e. The van der Waals surface area contributed by atoms with Crippen LogP contribution in [0.2, 0.25) is 5.02 Å². The molecule has 2 heterocycles. The van der Waals surface area contributed by atoms with Gasteiger partial charge in [0.2, 0.25) is 6.41 Å². The molecule has 0 spiro atoms. The summed E-state index contributed by atoms with van der Waals surface area (Å²) in [6, 6.07) is 17.1. The number of pyridine rings is 1. The Hall–Kier alpha value is -3.18. The number of likely N-dealkylation sites (tertiary alicyclic amines) is 1. The molecular formula is C25H25ClN2O3. The second-order valence-electron chi connectivity index (χ2n) is 7.23. The van der Waals surface area contributed by atoms with E-state index in [1.807, 2.05) is 36.4 Å². The van der Waals surface area contributed by atoms with E-state index in [-0.39, 0.29) is 5.92 Å². The highest BCUT2D eigenvalue weighted by Crippen LogP contribution is 2.32. The average Bonchev–Trinajstić information content (AvgIpc) is 3.29. The highest BCUT2D eigenvalue weighted by molar-refractivity contribution is 6.30. The summed E-state index contributed by atoms with van der Waals surface area (Å²) < 4.78 is 5.98. The number of halogens is 1. The van der Waals surface area contributed by atoms with Gasteiger partial charge >= 0.3 is 0 Å². The Morgan fingerprint density at radius 1 is 1.16 bits per heavy atom. The van der Waals surface area contributed by atoms with Crippen molar-refractivity contribution >= 4 is 24.3 Å². The zero-order valence-corrected chi connectivity index (χ0v) is 18.2. The zero-order valence-electron chi connectivity index (χ0n) is 17.4. The van der Waals surface area contributed by atoms with Crippen molar-refractivity contribution in [2.24, 2.45) is 0 Å². The number of para-hydroxylation sites is 1. The van der Waals surface area contributed by atoms with Crippen molar-refractivity contribution in [2.75, 3.05) is 13.1 Å². The Morgan fingerprint density at radius 3 is 2.61 bits per heavy atom. The first-order valence-corrected chi connectivity index (χ1v) is 10.6. The minimum atomic E-state index is 0.215. The average molecular weight is 437 g/mol. The second-order valence-corrected chi connectivity index (χ2v) is 7.67. The summed E-state index contributed by atoms with van der Waals surface area (Å²) in [5, 5.41) is 0.683. The van der Waals surface area contributed by atoms with E-state index in [0.29, 0.717) is 22.9 Å². The molecule has 1 aromatic heterocycles. The smallest absolute Gasteiger partial charge is 0.209 e. The van der Waals surface area contributed by atoms with Gasteiger partial charge in [0.05, 0.1) is 5.02 Å². The zero-order chi connectivity index (χ0) is 22.1. The van der Waals surface area contributed by atoms with Crippen molar-refractivity contribution in [2.45, 2.75) is 25.7 Å². The first-order valence-electron chi connectivity index (χ1n) is 10.2. The quantitative estimate of drug-likeness (QED) is 0.476. The first kappa shape index (κ1) is 22.5. The molecule has 0 saturated carbocycles. The Morgan fingerprint density at radius 2 is 2.00 bits per heavy atom. The predicted octanol–water partition coefficient (Wildman–Crippen LogP) is 5.53. The number of aldehydes is 1. The van der Waals surface area contributed by atoms with Crippen molar-refractivity contribution in [1.82, 2.24) is 9.88 Å². The van der Waals surface area contributed by atoms with Gasteiger partial charge in [0.15, 0.2) is 0 Å². The number of ether oxygens (including phenoxy) is 1. The molecule has 0 bridgehead atoms. The van der Waals surface area contributed by atoms with Gasteiger partial charge in [-0.2, -0.15) is 0 Å². The Bertz CT molecular complexity index is 1010. The SMILES string of the molecule is CCc1ccccc1Oc1ccc(C2CCN(C=O)C2)c(C=O)c1.Clc1cccnc1. The molecule has 1 fully saturated rings. The summed E-state index contributed by atoms with van der Waals surface area (Å²) >= 11 is 5.48. The number of aryl methyl sites for hydroxylation is 1. The molecule has 0 aliphatic carbocycles. The lowest BCUT2D eigenvalue weighted by Gasteiger charge is -2.15. The Balaban J connectivity index is 0.000000330. The van der Waals surface area contributed by atoms with Gasteiger partial charge in [0.25, 0.3) is 0 Å². The fourth-order valence-electron chi connectivity index (χ4n) is 3.59. The summed E-state index contributed by atoms with van der Waals surface area (Å²) in [6.45, 7) is 3.50. The van der Waals surface area contributed by atoms with Crippen LogP contribution in [-0.2, 0) is 11.2 Å². The molecular weight excluding hydrogens is 412 g/mol. The molecule has 1 aliphatic rings. The molecule has 160 valence electrons. The summed E-state index contributed by atoms with van der Waals surface area (Å²) in [6.07, 6.45) is 6.81. The lowest BCUT2D eigenvalue weighted by atomic mass is 9.94. The van der Waals surface area contributed by atoms with Crippen LogP contribution >= 0.6 is 11.6 Å². The van der Waals surface area contributed by atoms with Gasteiger partial charge in [-0.3, -0.25) is 14.6 Å². The van der Waals surface area contributed by atoms with Crippen LogP contribution in [-0.4, -0.2) is 35.7 Å². The number of aromatic nitrogens is 1. The van der Waals surface area contributed by atoms with Gasteiger partial charge in [0, 0.05) is 37.0 Å². The Kier molecular flexibility index (Phi) is 8.19. The molecule has 6 heteroatoms. The maximum Gasteiger partial charge on any atom is 0.209 e. The highest BCUT2D eigenvalue weighted by atomic mass is 35.5. The van der Waals surface area contributed by atoms with Crippen LogP contribution < -0.4 is 4.74 Å². The van der Waals surface area contributed by atoms with Crippen LogP contribution in [0.15, 0.2) is 67.0 Å². The second kappa shape index (κ2) is 11.3. The molecule has 1 saturated heterocycles. The highest BCUT2D eigenvalue weighted by Gasteiger charge is 2.24. The van der Waals surface area contributed by atoms with E-state index in [9.17, 15) is 9.59 Å². The first-order chi connectivity index (χ1) is 15.1. The third-order valence-corrected chi connectivity index (χ3v) is 5.42. The van der Waals surface area contributed by atoms with Crippen molar-refractivity contribution in [3.05, 3.63) is 88.7 Å². The van der Waals surface area contributed by atoms with E-state index in [1.54, 1.807) is 35.5 Å². The third-order valence-electron chi connectivity index (χ3n) is 5.20. The van der Waals surface area contributed by atoms with Crippen LogP contribution in [0.5, 0.6) is 11.5 Å². The normalized spacial score (nSPS) is 15.0. The van der Waals surface area contributed by atoms with Crippen molar-refractivity contribution in [3.8, 4) is 11.5 Å². The molecule has 3 aromatic rings. The Labute approximate surface area is 187 Å². The topological polar surface area (TPSA) is 59.5 Å². The predicted molar refractivity (Wildman–Crippen MR) is 122 cm³/mol. The molecule has 1 amide bonds. The summed E-state index contributed by atoms with van der Waals surface area (Å²) in [4.78, 5) is 27.9. The molecule has 4 rings (SSSR count). The summed E-state index contributed by atoms with van der Waals surface area (Å²) in [7, 11) is 0. The number of hydrogen-bond acceptors (Lipinski definition) is 4. The van der Waals surface area contributed by atoms with Gasteiger partial charge in [0.1, 0.15) is 17.8 Å². The maximum absolute atomic E-state index is 11.5. The summed E-state index contributed by atoms with van der Waals surface area (Å²) in [5.41, 5.74) is 2.76. The largest absolute Gasteiger partial charge is 0.457 e. The number of carbonyl (C=O) groups is 2. The number of nitrogens with zero attached hydrogens (tertiary/aromatic N) is 2. The molecule has 2 aromatic carbocycles. The number of hydrogen-bond donors (Lipinski definition) is 0. The van der Waals surface area contributed by atoms with Gasteiger partial charge < -0.3 is 9.64 Å². The standard InChI is InChI=1S/C20H21NO3.C5H4ClN/c1-2-15-5-3-4-6-20(15)24-18-7-8-19(17(11-18)13-22)16-9-10-21(12-16)14-23;6-5-2-1-3-7-4-5/h3-8,11,13-14,16H,2,9-10,12H2,1H3;1-4H. The molecule has 1 aliphatic heterocycles. The lowest BCUT2D eigenvalue weighted by molar-refractivity contribution is -0.117. The van der Waals surface area contributed by atoms with Gasteiger partial charge in [-0.25, -0.2) is 0 Å². The van der Waals surface area contributed by atoms with E-state index < -0.39 is 0 Å². The molecule has 31 heavy (non-hydrogen) atoms. The van der Waals surface area contributed by atoms with Crippen LogP contribution in [0.3, 0.4) is 0 Å². The third kappa shape index (κ3) is 6.15. The fraction of sp³-hybridized carbons (Fsp3) is 0.240. The van der Waals surface area contributed by atoms with Crippen LogP contribution in [0.4, 0.5) is 0 Å². The monoisotopic (exact) mass is 436 g/mol. The van der Waals surface area contributed by atoms with E-state index in [4.69, 9.17) is 16.3 Å². The van der Waals surface area contributed by atoms with Crippen molar-refractivity contribution < 1.29 is 14.3 Å². The lowest BCUT2D eigenvalue weighted by Crippen LogP contribution is -2.17. The van der Waals surface area contributed by atoms with Crippen LogP contribution in [0, 0.1) is 0 Å². The van der Waals surface area contributed by atoms with Crippen molar-refractivity contribution in [3.63, 3.8) is 0 Å². The van der Waals surface area contributed by atoms with Crippen LogP contribution in [0.25, 0.3) is 0 Å². The number of rotatable bonds is 6. The van der Waals surface area contributed by atoms with Crippen LogP contribution in [0.1, 0.15) is 40.7 Å². The summed E-state index contributed by atoms with van der Waals surface area (Å²) in [5.74, 6) is 1.69. The van der Waals surface area contributed by atoms with E-state index >= 15 is 0 Å². The van der Waals surface area contributed by atoms with E-state index in [0.717, 1.165) is 49.0 Å². The fourth-order valence-corrected chi connectivity index (χ4v) is 3.72. The van der Waals surface area contributed by atoms with E-state index in [2.05, 4.69) is 11.9 Å². The van der Waals surface area contributed by atoms with Crippen molar-refractivity contribution in [1.29, 1.82) is 0 Å². The molecule has 1 atom stereocenters. The minimum absolute atomic E-state index is 0.215. The number of carbonyl (C=O) groups excluding carboxylic acids is 2. The van der Waals surface area contributed by atoms with Gasteiger partial charge in [-0.1, -0.05) is 42.8 Å². The van der Waals surface area contributed by atoms with E-state index in [1.165, 1.54) is 0 Å². The van der Waals surface area contributed by atoms with Gasteiger partial charge in [-0.15, -0.1) is 0 Å². The molecule has 1 unspecified atom stereocenters. The maximum atomic E-state index is 11.5. The molecule has 0 N–H and O–H groups in total. The number of benzene rings is 2. The van der Waals surface area contributed by atoms with Gasteiger partial charge in [-0.05, 0) is 54.3 Å².